The van der Waals surface area contributed by atoms with E-state index >= 15 is 0 Å². The molecule has 1 aliphatic rings. The average Bonchev–Trinajstić information content (AvgIpc) is 2.85. The van der Waals surface area contributed by atoms with Crippen LogP contribution in [0.2, 0.25) is 0 Å². The molecular weight excluding hydrogens is 218 g/mol. The Kier molecular flexibility index (Phi) is 3.47. The number of rotatable bonds is 3. The van der Waals surface area contributed by atoms with Crippen molar-refractivity contribution in [3.05, 3.63) is 17.0 Å². The molecule has 5 nitrogen and oxygen atoms in total. The summed E-state index contributed by atoms with van der Waals surface area (Å²) in [4.78, 5) is 12.1. The number of carbonyl (C=O) groups excluding carboxylic acids is 1. The number of aromatic nitrogens is 2. The third-order valence-corrected chi connectivity index (χ3v) is 3.57. The van der Waals surface area contributed by atoms with Gasteiger partial charge in [-0.05, 0) is 26.7 Å². The molecule has 0 bridgehead atoms. The maximum Gasteiger partial charge on any atom is 0.255 e. The van der Waals surface area contributed by atoms with Gasteiger partial charge in [0.25, 0.3) is 5.91 Å². The van der Waals surface area contributed by atoms with Gasteiger partial charge in [0.15, 0.2) is 0 Å². The Balaban J connectivity index is 2.07. The third-order valence-electron chi connectivity index (χ3n) is 3.57. The number of nitrogens with one attached hydrogen (secondary N) is 2. The van der Waals surface area contributed by atoms with Crippen LogP contribution in [0, 0.1) is 19.8 Å². The predicted molar refractivity (Wildman–Crippen MR) is 63.7 cm³/mol. The number of aliphatic hydroxyl groups excluding tert-OH is 1. The number of H-pyrrole nitrogens is 1. The molecule has 1 heterocycles. The second-order valence-electron chi connectivity index (χ2n) is 4.76. The number of nitrogens with zero attached hydrogens (tertiary/aromatic N) is 1. The topological polar surface area (TPSA) is 78.0 Å². The molecule has 1 saturated carbocycles. The first-order chi connectivity index (χ1) is 8.13. The van der Waals surface area contributed by atoms with Gasteiger partial charge in [0.2, 0.25) is 0 Å². The highest BCUT2D eigenvalue weighted by molar-refractivity contribution is 5.96. The molecule has 2 unspecified atom stereocenters. The summed E-state index contributed by atoms with van der Waals surface area (Å²) in [6.07, 6.45) is 3.01. The highest BCUT2D eigenvalue weighted by Crippen LogP contribution is 2.25. The minimum Gasteiger partial charge on any atom is -0.396 e. The first-order valence-corrected chi connectivity index (χ1v) is 6.06. The molecule has 2 rings (SSSR count). The van der Waals surface area contributed by atoms with Crippen molar-refractivity contribution in [2.45, 2.75) is 39.2 Å². The van der Waals surface area contributed by atoms with E-state index in [2.05, 4.69) is 15.5 Å². The fraction of sp³-hybridized carbons (Fsp3) is 0.667. The van der Waals surface area contributed by atoms with E-state index in [1.54, 1.807) is 0 Å². The quantitative estimate of drug-likeness (QED) is 0.731. The summed E-state index contributed by atoms with van der Waals surface area (Å²) in [5.74, 6) is 0.116. The van der Waals surface area contributed by atoms with Crippen LogP contribution in [0.1, 0.15) is 41.0 Å². The van der Waals surface area contributed by atoms with Crippen LogP contribution >= 0.6 is 0 Å². The summed E-state index contributed by atoms with van der Waals surface area (Å²) in [5, 5.41) is 19.0. The van der Waals surface area contributed by atoms with Crippen LogP contribution in [0.5, 0.6) is 0 Å². The van der Waals surface area contributed by atoms with Crippen molar-refractivity contribution >= 4 is 5.91 Å². The Labute approximate surface area is 101 Å². The largest absolute Gasteiger partial charge is 0.396 e. The molecule has 0 spiro atoms. The molecule has 0 radical (unpaired) electrons. The zero-order chi connectivity index (χ0) is 12.4. The molecule has 3 N–H and O–H groups in total. The summed E-state index contributed by atoms with van der Waals surface area (Å²) in [7, 11) is 0. The minimum atomic E-state index is -0.0842. The monoisotopic (exact) mass is 237 g/mol. The smallest absolute Gasteiger partial charge is 0.255 e. The lowest BCUT2D eigenvalue weighted by Gasteiger charge is -2.19. The van der Waals surface area contributed by atoms with E-state index in [1.165, 1.54) is 0 Å². The molecule has 1 aromatic rings. The molecule has 2 atom stereocenters. The lowest BCUT2D eigenvalue weighted by molar-refractivity contribution is 0.0915. The molecule has 5 heteroatoms. The van der Waals surface area contributed by atoms with Crippen LogP contribution in [0.15, 0.2) is 0 Å². The van der Waals surface area contributed by atoms with Crippen molar-refractivity contribution in [3.8, 4) is 0 Å². The lowest BCUT2D eigenvalue weighted by Crippen LogP contribution is -2.38. The van der Waals surface area contributed by atoms with Crippen molar-refractivity contribution < 1.29 is 9.90 Å². The Morgan fingerprint density at radius 1 is 1.53 bits per heavy atom. The summed E-state index contributed by atoms with van der Waals surface area (Å²) in [5.41, 5.74) is 2.14. The maximum atomic E-state index is 12.1. The Morgan fingerprint density at radius 3 is 2.88 bits per heavy atom. The molecule has 1 aliphatic carbocycles. The first-order valence-electron chi connectivity index (χ1n) is 6.06. The Bertz CT molecular complexity index is 394. The summed E-state index contributed by atoms with van der Waals surface area (Å²) in [6, 6.07) is 0.0983. The second kappa shape index (κ2) is 4.87. The molecule has 1 amide bonds. The zero-order valence-electron chi connectivity index (χ0n) is 10.3. The van der Waals surface area contributed by atoms with E-state index in [0.29, 0.717) is 5.56 Å². The lowest BCUT2D eigenvalue weighted by atomic mass is 10.0. The van der Waals surface area contributed by atoms with Gasteiger partial charge in [-0.15, -0.1) is 0 Å². The first kappa shape index (κ1) is 12.1. The van der Waals surface area contributed by atoms with Gasteiger partial charge in [-0.1, -0.05) is 6.42 Å². The van der Waals surface area contributed by atoms with E-state index < -0.39 is 0 Å². The SMILES string of the molecule is Cc1n[nH]c(C)c1C(=O)NC1CCCC1CO. The van der Waals surface area contributed by atoms with E-state index in [9.17, 15) is 9.90 Å². The van der Waals surface area contributed by atoms with E-state index in [0.717, 1.165) is 30.7 Å². The maximum absolute atomic E-state index is 12.1. The summed E-state index contributed by atoms with van der Waals surface area (Å²) >= 11 is 0. The van der Waals surface area contributed by atoms with Crippen molar-refractivity contribution in [2.75, 3.05) is 6.61 Å². The average molecular weight is 237 g/mol. The molecule has 1 fully saturated rings. The van der Waals surface area contributed by atoms with Crippen LogP contribution in [-0.2, 0) is 0 Å². The van der Waals surface area contributed by atoms with Crippen LogP contribution in [0.3, 0.4) is 0 Å². The van der Waals surface area contributed by atoms with Gasteiger partial charge in [0, 0.05) is 24.3 Å². The minimum absolute atomic E-state index is 0.0842. The van der Waals surface area contributed by atoms with Gasteiger partial charge in [0.05, 0.1) is 11.3 Å². The number of aryl methyl sites for hydroxylation is 2. The van der Waals surface area contributed by atoms with E-state index in [1.807, 2.05) is 13.8 Å². The standard InChI is InChI=1S/C12H19N3O2/c1-7-11(8(2)15-14-7)12(17)13-10-5-3-4-9(10)6-16/h9-10,16H,3-6H2,1-2H3,(H,13,17)(H,14,15). The normalized spacial score (nSPS) is 23.9. The summed E-state index contributed by atoms with van der Waals surface area (Å²) < 4.78 is 0. The summed E-state index contributed by atoms with van der Waals surface area (Å²) in [6.45, 7) is 3.80. The van der Waals surface area contributed by atoms with Gasteiger partial charge in [-0.2, -0.15) is 5.10 Å². The fourth-order valence-electron chi connectivity index (χ4n) is 2.57. The van der Waals surface area contributed by atoms with Gasteiger partial charge in [-0.3, -0.25) is 9.89 Å². The van der Waals surface area contributed by atoms with Crippen molar-refractivity contribution in [3.63, 3.8) is 0 Å². The molecule has 17 heavy (non-hydrogen) atoms. The molecule has 0 saturated heterocycles. The number of aliphatic hydroxyl groups is 1. The molecule has 1 aromatic heterocycles. The fourth-order valence-corrected chi connectivity index (χ4v) is 2.57. The Hall–Kier alpha value is -1.36. The third kappa shape index (κ3) is 2.34. The number of carbonyl (C=O) groups is 1. The Morgan fingerprint density at radius 2 is 2.29 bits per heavy atom. The van der Waals surface area contributed by atoms with Crippen molar-refractivity contribution in [1.82, 2.24) is 15.5 Å². The van der Waals surface area contributed by atoms with Crippen LogP contribution < -0.4 is 5.32 Å². The van der Waals surface area contributed by atoms with Crippen LogP contribution in [0.25, 0.3) is 0 Å². The second-order valence-corrected chi connectivity index (χ2v) is 4.76. The van der Waals surface area contributed by atoms with Gasteiger partial charge in [-0.25, -0.2) is 0 Å². The number of hydrogen-bond donors (Lipinski definition) is 3. The van der Waals surface area contributed by atoms with Gasteiger partial charge in [0.1, 0.15) is 0 Å². The highest BCUT2D eigenvalue weighted by Gasteiger charge is 2.29. The van der Waals surface area contributed by atoms with E-state index in [-0.39, 0.29) is 24.5 Å². The number of aromatic amines is 1. The van der Waals surface area contributed by atoms with Crippen molar-refractivity contribution in [1.29, 1.82) is 0 Å². The molecular formula is C12H19N3O2. The molecule has 0 aromatic carbocycles. The molecule has 0 aliphatic heterocycles. The van der Waals surface area contributed by atoms with Gasteiger partial charge >= 0.3 is 0 Å². The highest BCUT2D eigenvalue weighted by atomic mass is 16.3. The number of hydrogen-bond acceptors (Lipinski definition) is 3. The van der Waals surface area contributed by atoms with E-state index in [4.69, 9.17) is 0 Å². The zero-order valence-corrected chi connectivity index (χ0v) is 10.3. The van der Waals surface area contributed by atoms with Crippen LogP contribution in [0.4, 0.5) is 0 Å². The van der Waals surface area contributed by atoms with Gasteiger partial charge < -0.3 is 10.4 Å². The predicted octanol–water partition coefficient (Wildman–Crippen LogP) is 0.917. The molecule has 94 valence electrons. The van der Waals surface area contributed by atoms with Crippen LogP contribution in [-0.4, -0.2) is 33.9 Å². The van der Waals surface area contributed by atoms with Crippen molar-refractivity contribution in [2.24, 2.45) is 5.92 Å². The number of amides is 1.